The fraction of sp³-hybridized carbons (Fsp3) is 0.545. The van der Waals surface area contributed by atoms with Crippen LogP contribution in [0.2, 0.25) is 10.0 Å². The maximum Gasteiger partial charge on any atom is 0.436 e. The van der Waals surface area contributed by atoms with Gasteiger partial charge in [0.15, 0.2) is 18.1 Å². The SMILES string of the molecule is COc1cc(N2CCN(C(C=O)n3nc(C(F)(F)F)c(Cl)c3CN3CCOCC3)CC2)ccc1Cl. The number of hydrogen-bond donors (Lipinski definition) is 0. The van der Waals surface area contributed by atoms with Gasteiger partial charge in [-0.25, -0.2) is 4.68 Å². The van der Waals surface area contributed by atoms with Gasteiger partial charge in [-0.2, -0.15) is 18.3 Å². The van der Waals surface area contributed by atoms with Crippen LogP contribution in [0.5, 0.6) is 5.75 Å². The van der Waals surface area contributed by atoms with E-state index in [4.69, 9.17) is 32.7 Å². The molecule has 1 unspecified atom stereocenters. The lowest BCUT2D eigenvalue weighted by Gasteiger charge is -2.39. The first-order chi connectivity index (χ1) is 16.7. The molecule has 2 aliphatic rings. The third kappa shape index (κ3) is 5.69. The fourth-order valence-electron chi connectivity index (χ4n) is 4.35. The van der Waals surface area contributed by atoms with Gasteiger partial charge in [-0.15, -0.1) is 0 Å². The zero-order chi connectivity index (χ0) is 25.2. The highest BCUT2D eigenvalue weighted by molar-refractivity contribution is 6.32. The Kier molecular flexibility index (Phi) is 8.12. The van der Waals surface area contributed by atoms with Crippen LogP contribution in [-0.2, 0) is 22.3 Å². The van der Waals surface area contributed by atoms with Gasteiger partial charge in [0.05, 0.1) is 36.1 Å². The van der Waals surface area contributed by atoms with E-state index >= 15 is 0 Å². The van der Waals surface area contributed by atoms with Crippen molar-refractivity contribution in [2.75, 3.05) is 64.5 Å². The largest absolute Gasteiger partial charge is 0.495 e. The zero-order valence-electron chi connectivity index (χ0n) is 19.1. The van der Waals surface area contributed by atoms with Crippen molar-refractivity contribution >= 4 is 35.2 Å². The molecule has 35 heavy (non-hydrogen) atoms. The minimum Gasteiger partial charge on any atom is -0.495 e. The van der Waals surface area contributed by atoms with E-state index in [1.54, 1.807) is 6.07 Å². The molecule has 0 radical (unpaired) electrons. The van der Waals surface area contributed by atoms with Crippen molar-refractivity contribution in [3.63, 3.8) is 0 Å². The minimum absolute atomic E-state index is 0.139. The summed E-state index contributed by atoms with van der Waals surface area (Å²) in [6.45, 7) is 4.17. The van der Waals surface area contributed by atoms with E-state index in [-0.39, 0.29) is 12.2 Å². The van der Waals surface area contributed by atoms with Crippen LogP contribution in [0.25, 0.3) is 0 Å². The molecule has 3 heterocycles. The Morgan fingerprint density at radius 3 is 2.43 bits per heavy atom. The molecule has 0 saturated carbocycles. The first-order valence-corrected chi connectivity index (χ1v) is 11.9. The Labute approximate surface area is 211 Å². The van der Waals surface area contributed by atoms with Crippen molar-refractivity contribution in [1.29, 1.82) is 0 Å². The lowest BCUT2D eigenvalue weighted by molar-refractivity contribution is -0.142. The molecule has 4 rings (SSSR count). The van der Waals surface area contributed by atoms with Crippen molar-refractivity contribution in [1.82, 2.24) is 19.6 Å². The van der Waals surface area contributed by atoms with Gasteiger partial charge in [0.2, 0.25) is 0 Å². The minimum atomic E-state index is -4.73. The van der Waals surface area contributed by atoms with E-state index in [1.807, 2.05) is 21.9 Å². The van der Waals surface area contributed by atoms with Crippen LogP contribution in [-0.4, -0.2) is 85.5 Å². The number of alkyl halides is 3. The molecule has 2 saturated heterocycles. The molecule has 0 spiro atoms. The lowest BCUT2D eigenvalue weighted by atomic mass is 10.2. The van der Waals surface area contributed by atoms with Gasteiger partial charge < -0.3 is 14.4 Å². The molecule has 0 N–H and O–H groups in total. The zero-order valence-corrected chi connectivity index (χ0v) is 20.6. The molecule has 13 heteroatoms. The topological polar surface area (TPSA) is 63.1 Å². The Hall–Kier alpha value is -2.05. The molecular weight excluding hydrogens is 510 g/mol. The number of piperazine rings is 1. The summed E-state index contributed by atoms with van der Waals surface area (Å²) in [7, 11) is 1.54. The summed E-state index contributed by atoms with van der Waals surface area (Å²) in [6, 6.07) is 5.46. The second-order valence-corrected chi connectivity index (χ2v) is 9.12. The van der Waals surface area contributed by atoms with Gasteiger partial charge in [-0.1, -0.05) is 23.2 Å². The van der Waals surface area contributed by atoms with Crippen LogP contribution in [0.15, 0.2) is 18.2 Å². The van der Waals surface area contributed by atoms with Gasteiger partial charge in [0, 0.05) is 57.6 Å². The highest BCUT2D eigenvalue weighted by Crippen LogP contribution is 2.37. The fourth-order valence-corrected chi connectivity index (χ4v) is 4.84. The van der Waals surface area contributed by atoms with Crippen LogP contribution < -0.4 is 9.64 Å². The number of benzene rings is 1. The number of carbonyl (C=O) groups excluding carboxylic acids is 1. The molecule has 0 aliphatic carbocycles. The molecule has 2 fully saturated rings. The predicted molar refractivity (Wildman–Crippen MR) is 125 cm³/mol. The number of methoxy groups -OCH3 is 1. The maximum absolute atomic E-state index is 13.6. The summed E-state index contributed by atoms with van der Waals surface area (Å²) in [5.41, 5.74) is -0.105. The van der Waals surface area contributed by atoms with Crippen molar-refractivity contribution in [3.8, 4) is 5.75 Å². The standard InChI is InChI=1S/C22H26Cl2F3N5O3/c1-34-18-12-15(2-3-16(18)23)30-4-6-31(7-5-30)19(14-33)32-17(13-29-8-10-35-11-9-29)20(24)21(28-32)22(25,26)27/h2-3,12,14,19H,4-11,13H2,1H3. The van der Waals surface area contributed by atoms with Gasteiger partial charge in [-0.05, 0) is 12.1 Å². The highest BCUT2D eigenvalue weighted by atomic mass is 35.5. The number of aromatic nitrogens is 2. The van der Waals surface area contributed by atoms with E-state index in [0.717, 1.165) is 10.4 Å². The Morgan fingerprint density at radius 1 is 1.14 bits per heavy atom. The van der Waals surface area contributed by atoms with Gasteiger partial charge >= 0.3 is 6.18 Å². The van der Waals surface area contributed by atoms with Crippen molar-refractivity contribution in [2.24, 2.45) is 0 Å². The normalized spacial score (nSPS) is 19.1. The van der Waals surface area contributed by atoms with Crippen LogP contribution in [0, 0.1) is 0 Å². The third-order valence-electron chi connectivity index (χ3n) is 6.25. The van der Waals surface area contributed by atoms with Crippen molar-refractivity contribution in [2.45, 2.75) is 18.9 Å². The van der Waals surface area contributed by atoms with Crippen LogP contribution in [0.3, 0.4) is 0 Å². The quantitative estimate of drug-likeness (QED) is 0.502. The third-order valence-corrected chi connectivity index (χ3v) is 6.96. The maximum atomic E-state index is 13.6. The van der Waals surface area contributed by atoms with E-state index in [1.165, 1.54) is 7.11 Å². The number of nitrogens with zero attached hydrogens (tertiary/aromatic N) is 5. The summed E-state index contributed by atoms with van der Waals surface area (Å²) in [6.07, 6.45) is -5.13. The molecule has 2 aliphatic heterocycles. The number of hydrogen-bond acceptors (Lipinski definition) is 7. The predicted octanol–water partition coefficient (Wildman–Crippen LogP) is 3.57. The molecule has 8 nitrogen and oxygen atoms in total. The molecule has 0 bridgehead atoms. The molecule has 1 aromatic carbocycles. The first kappa shape index (κ1) is 26.0. The van der Waals surface area contributed by atoms with E-state index in [9.17, 15) is 18.0 Å². The number of ether oxygens (including phenoxy) is 2. The monoisotopic (exact) mass is 535 g/mol. The number of carbonyl (C=O) groups is 1. The number of rotatable bonds is 7. The summed E-state index contributed by atoms with van der Waals surface area (Å²) in [5, 5.41) is 3.82. The Bertz CT molecular complexity index is 1040. The molecule has 1 aromatic heterocycles. The van der Waals surface area contributed by atoms with Gasteiger partial charge in [0.1, 0.15) is 5.75 Å². The number of aldehydes is 1. The molecule has 1 atom stereocenters. The molecule has 0 amide bonds. The van der Waals surface area contributed by atoms with Crippen molar-refractivity contribution < 1.29 is 27.4 Å². The van der Waals surface area contributed by atoms with Crippen LogP contribution >= 0.6 is 23.2 Å². The Balaban J connectivity index is 1.56. The second kappa shape index (κ2) is 10.9. The molecular formula is C22H26Cl2F3N5O3. The average molecular weight is 536 g/mol. The summed E-state index contributed by atoms with van der Waals surface area (Å²) >= 11 is 12.3. The van der Waals surface area contributed by atoms with E-state index < -0.39 is 23.1 Å². The second-order valence-electron chi connectivity index (χ2n) is 8.33. The van der Waals surface area contributed by atoms with E-state index in [0.29, 0.717) is 69.5 Å². The number of halogens is 5. The number of morpholine rings is 1. The summed E-state index contributed by atoms with van der Waals surface area (Å²) in [4.78, 5) is 18.0. The lowest BCUT2D eigenvalue weighted by Crippen LogP contribution is -2.50. The highest BCUT2D eigenvalue weighted by Gasteiger charge is 2.41. The summed E-state index contributed by atoms with van der Waals surface area (Å²) in [5.74, 6) is 0.552. The molecule has 2 aromatic rings. The van der Waals surface area contributed by atoms with E-state index in [2.05, 4.69) is 10.00 Å². The smallest absolute Gasteiger partial charge is 0.436 e. The van der Waals surface area contributed by atoms with Crippen LogP contribution in [0.4, 0.5) is 18.9 Å². The Morgan fingerprint density at radius 2 is 1.83 bits per heavy atom. The summed E-state index contributed by atoms with van der Waals surface area (Å²) < 4.78 is 52.7. The van der Waals surface area contributed by atoms with Crippen molar-refractivity contribution in [3.05, 3.63) is 39.6 Å². The molecule has 192 valence electrons. The van der Waals surface area contributed by atoms with Crippen LogP contribution in [0.1, 0.15) is 17.6 Å². The van der Waals surface area contributed by atoms with Gasteiger partial charge in [0.25, 0.3) is 0 Å². The first-order valence-electron chi connectivity index (χ1n) is 11.1. The van der Waals surface area contributed by atoms with Gasteiger partial charge in [-0.3, -0.25) is 14.6 Å². The average Bonchev–Trinajstić information content (AvgIpc) is 3.17. The number of anilines is 1.